The van der Waals surface area contributed by atoms with Crippen LogP contribution >= 0.6 is 0 Å². The Kier molecular flexibility index (Phi) is 7.51. The fourth-order valence-corrected chi connectivity index (χ4v) is 4.46. The molecule has 0 saturated heterocycles. The molecular formula is C31H24O10. The lowest BCUT2D eigenvalue weighted by Crippen LogP contribution is -2.36. The molecule has 208 valence electrons. The molecule has 1 aliphatic rings. The summed E-state index contributed by atoms with van der Waals surface area (Å²) in [5.74, 6) is 5.05. The van der Waals surface area contributed by atoms with E-state index < -0.39 is 17.6 Å². The van der Waals surface area contributed by atoms with Crippen LogP contribution in [0.2, 0.25) is 0 Å². The summed E-state index contributed by atoms with van der Waals surface area (Å²) >= 11 is 0. The number of benzene rings is 3. The van der Waals surface area contributed by atoms with Gasteiger partial charge in [-0.05, 0) is 30.3 Å². The summed E-state index contributed by atoms with van der Waals surface area (Å²) in [5, 5.41) is 30.4. The number of aliphatic hydroxyl groups is 1. The summed E-state index contributed by atoms with van der Waals surface area (Å²) in [6.07, 6.45) is 9.10. The number of hydrogen-bond acceptors (Lipinski definition) is 10. The van der Waals surface area contributed by atoms with E-state index in [0.29, 0.717) is 16.9 Å². The molecule has 2 heterocycles. The van der Waals surface area contributed by atoms with Gasteiger partial charge in [-0.3, -0.25) is 4.79 Å². The van der Waals surface area contributed by atoms with Crippen LogP contribution in [0, 0.1) is 24.7 Å². The minimum Gasteiger partial charge on any atom is -0.507 e. The number of phenols is 2. The predicted octanol–water partition coefficient (Wildman–Crippen LogP) is 3.78. The molecule has 5 rings (SSSR count). The van der Waals surface area contributed by atoms with Gasteiger partial charge in [-0.2, -0.15) is 0 Å². The van der Waals surface area contributed by atoms with E-state index in [0.717, 1.165) is 0 Å². The van der Waals surface area contributed by atoms with Gasteiger partial charge in [0.1, 0.15) is 35.7 Å². The number of fused-ring (bicyclic) bond motifs is 2. The Morgan fingerprint density at radius 3 is 2.44 bits per heavy atom. The Hall–Kier alpha value is -5.45. The van der Waals surface area contributed by atoms with Crippen LogP contribution in [0.3, 0.4) is 0 Å². The maximum atomic E-state index is 13.5. The first-order valence-corrected chi connectivity index (χ1v) is 12.3. The van der Waals surface area contributed by atoms with Crippen molar-refractivity contribution < 1.29 is 43.4 Å². The molecule has 2 atom stereocenters. The predicted molar refractivity (Wildman–Crippen MR) is 148 cm³/mol. The van der Waals surface area contributed by atoms with E-state index in [1.807, 2.05) is 0 Å². The third kappa shape index (κ3) is 5.12. The number of methoxy groups -OCH3 is 1. The van der Waals surface area contributed by atoms with Crippen LogP contribution < -0.4 is 29.1 Å². The Morgan fingerprint density at radius 1 is 0.927 bits per heavy atom. The zero-order valence-electron chi connectivity index (χ0n) is 21.7. The summed E-state index contributed by atoms with van der Waals surface area (Å²) in [5.41, 5.74) is 0.327. The van der Waals surface area contributed by atoms with Crippen molar-refractivity contribution in [3.8, 4) is 76.3 Å². The van der Waals surface area contributed by atoms with Crippen molar-refractivity contribution in [3.05, 3.63) is 64.3 Å². The van der Waals surface area contributed by atoms with Crippen LogP contribution in [-0.2, 0) is 0 Å². The molecule has 4 aromatic rings. The van der Waals surface area contributed by atoms with Crippen molar-refractivity contribution in [3.63, 3.8) is 0 Å². The van der Waals surface area contributed by atoms with E-state index in [4.69, 9.17) is 40.9 Å². The van der Waals surface area contributed by atoms with E-state index in [1.165, 1.54) is 25.3 Å². The normalized spacial score (nSPS) is 15.5. The zero-order valence-corrected chi connectivity index (χ0v) is 21.7. The molecule has 10 heteroatoms. The third-order valence-corrected chi connectivity index (χ3v) is 6.32. The molecule has 0 fully saturated rings. The van der Waals surface area contributed by atoms with Gasteiger partial charge in [-0.25, -0.2) is 0 Å². The average molecular weight is 557 g/mol. The zero-order chi connectivity index (χ0) is 29.1. The SMILES string of the molecule is C#CCOc1cc(O)c2c(=O)c(OCC#C)c(-c3ccc4c(c3)O[C@H](c3ccc(O)c(OC)c3)[C@@H](CO)O4)oc2c1. The van der Waals surface area contributed by atoms with Gasteiger partial charge in [0.05, 0.1) is 13.7 Å². The molecule has 41 heavy (non-hydrogen) atoms. The standard InChI is InChI=1S/C31H24O10/c1-4-10-37-19-14-21(34)27-25(15-19)41-30(31(28(27)35)38-11-5-2)18-7-9-22-24(13-18)40-29(26(16-32)39-22)17-6-8-20(33)23(12-17)36-3/h1-2,6-9,12-15,26,29,32-34H,10-11,16H2,3H3/t26-,29-/m1/s1. The molecule has 0 amide bonds. The van der Waals surface area contributed by atoms with Crippen molar-refractivity contribution in [2.75, 3.05) is 26.9 Å². The lowest BCUT2D eigenvalue weighted by Gasteiger charge is -2.33. The van der Waals surface area contributed by atoms with Crippen molar-refractivity contribution in [1.82, 2.24) is 0 Å². The first kappa shape index (κ1) is 27.1. The van der Waals surface area contributed by atoms with E-state index in [-0.39, 0.29) is 71.0 Å². The van der Waals surface area contributed by atoms with Crippen LogP contribution in [0.1, 0.15) is 11.7 Å². The van der Waals surface area contributed by atoms with Gasteiger partial charge >= 0.3 is 0 Å². The van der Waals surface area contributed by atoms with Gasteiger partial charge in [0.2, 0.25) is 11.2 Å². The monoisotopic (exact) mass is 556 g/mol. The van der Waals surface area contributed by atoms with Gasteiger partial charge in [0, 0.05) is 23.3 Å². The fourth-order valence-electron chi connectivity index (χ4n) is 4.46. The minimum absolute atomic E-state index is 0.0183. The minimum atomic E-state index is -0.772. The van der Waals surface area contributed by atoms with Crippen molar-refractivity contribution >= 4 is 11.0 Å². The second kappa shape index (κ2) is 11.3. The van der Waals surface area contributed by atoms with Crippen LogP contribution in [0.25, 0.3) is 22.3 Å². The van der Waals surface area contributed by atoms with E-state index in [9.17, 15) is 20.1 Å². The Bertz CT molecular complexity index is 1760. The van der Waals surface area contributed by atoms with Crippen molar-refractivity contribution in [1.29, 1.82) is 0 Å². The molecule has 3 aromatic carbocycles. The van der Waals surface area contributed by atoms with Gasteiger partial charge in [-0.15, -0.1) is 12.8 Å². The lowest BCUT2D eigenvalue weighted by molar-refractivity contribution is -0.0123. The number of phenolic OH excluding ortho intramolecular Hbond substituents is 2. The number of aromatic hydroxyl groups is 2. The first-order chi connectivity index (χ1) is 19.9. The van der Waals surface area contributed by atoms with Gasteiger partial charge in [0.15, 0.2) is 41.0 Å². The molecule has 0 radical (unpaired) electrons. The molecule has 0 bridgehead atoms. The highest BCUT2D eigenvalue weighted by Gasteiger charge is 2.34. The van der Waals surface area contributed by atoms with Crippen molar-refractivity contribution in [2.24, 2.45) is 0 Å². The van der Waals surface area contributed by atoms with E-state index in [2.05, 4.69) is 11.8 Å². The first-order valence-electron chi connectivity index (χ1n) is 12.3. The smallest absolute Gasteiger partial charge is 0.239 e. The maximum Gasteiger partial charge on any atom is 0.239 e. The van der Waals surface area contributed by atoms with Gasteiger partial charge in [0.25, 0.3) is 0 Å². The highest BCUT2D eigenvalue weighted by Crippen LogP contribution is 2.44. The topological polar surface area (TPSA) is 137 Å². The number of hydrogen-bond donors (Lipinski definition) is 3. The van der Waals surface area contributed by atoms with Gasteiger partial charge in [-0.1, -0.05) is 17.9 Å². The molecule has 0 saturated carbocycles. The fraction of sp³-hybridized carbons (Fsp3) is 0.194. The molecule has 1 aromatic heterocycles. The number of terminal acetylenes is 2. The highest BCUT2D eigenvalue weighted by atomic mass is 16.6. The molecular weight excluding hydrogens is 532 g/mol. The Morgan fingerprint density at radius 2 is 1.71 bits per heavy atom. The van der Waals surface area contributed by atoms with Crippen LogP contribution in [0.4, 0.5) is 0 Å². The molecule has 10 nitrogen and oxygen atoms in total. The molecule has 0 spiro atoms. The van der Waals surface area contributed by atoms with Crippen LogP contribution in [-0.4, -0.2) is 48.4 Å². The Balaban J connectivity index is 1.62. The van der Waals surface area contributed by atoms with Crippen molar-refractivity contribution in [2.45, 2.75) is 12.2 Å². The third-order valence-electron chi connectivity index (χ3n) is 6.32. The van der Waals surface area contributed by atoms with Crippen LogP contribution in [0.5, 0.6) is 40.2 Å². The van der Waals surface area contributed by atoms with E-state index >= 15 is 0 Å². The molecule has 1 aliphatic heterocycles. The Labute approximate surface area is 234 Å². The second-order valence-electron chi connectivity index (χ2n) is 8.86. The summed E-state index contributed by atoms with van der Waals surface area (Å²) in [4.78, 5) is 13.5. The number of rotatable bonds is 8. The summed E-state index contributed by atoms with van der Waals surface area (Å²) in [7, 11) is 1.42. The number of ether oxygens (including phenoxy) is 5. The molecule has 0 unspecified atom stereocenters. The average Bonchev–Trinajstić information content (AvgIpc) is 2.98. The second-order valence-corrected chi connectivity index (χ2v) is 8.86. The summed E-state index contributed by atoms with van der Waals surface area (Å²) < 4.78 is 34.5. The summed E-state index contributed by atoms with van der Waals surface area (Å²) in [6, 6.07) is 12.1. The quantitative estimate of drug-likeness (QED) is 0.275. The molecule has 0 aliphatic carbocycles. The highest BCUT2D eigenvalue weighted by molar-refractivity contribution is 5.88. The largest absolute Gasteiger partial charge is 0.507 e. The maximum absolute atomic E-state index is 13.5. The van der Waals surface area contributed by atoms with E-state index in [1.54, 1.807) is 30.3 Å². The van der Waals surface area contributed by atoms with Gasteiger partial charge < -0.3 is 43.4 Å². The van der Waals surface area contributed by atoms with Crippen LogP contribution in [0.15, 0.2) is 57.7 Å². The number of aliphatic hydroxyl groups excluding tert-OH is 1. The summed E-state index contributed by atoms with van der Waals surface area (Å²) in [6.45, 7) is -0.649. The lowest BCUT2D eigenvalue weighted by atomic mass is 10.0. The molecule has 3 N–H and O–H groups in total.